The molecule has 0 aromatic rings. The summed E-state index contributed by atoms with van der Waals surface area (Å²) < 4.78 is 29.7. The van der Waals surface area contributed by atoms with Crippen LogP contribution in [0, 0.1) is 52.3 Å². The molecule has 13 nitrogen and oxygen atoms in total. The van der Waals surface area contributed by atoms with Gasteiger partial charge in [-0.15, -0.1) is 0 Å². The van der Waals surface area contributed by atoms with E-state index in [-0.39, 0.29) is 54.0 Å². The molecule has 51 heavy (non-hydrogen) atoms. The minimum Gasteiger partial charge on any atom is -0.394 e. The van der Waals surface area contributed by atoms with Crippen LogP contribution in [0.25, 0.3) is 0 Å². The SMILES string of the molecule is C[C@@H](CC[C@@]1(O)O[C@H]2C[C@H]3[C@@H]4CC[C@@H]5C[C@@H](O[C@@H]6O[C@H](CO)[C@H](O)[C@H](O)[C@H]6O)CC[C@]5(C)[C@H]4CC[C@]3(C)[C@H]2[C@@H]1C)CO[C@@H]1OC[C@@H](O)[C@H](O)[C@H]1O. The third kappa shape index (κ3) is 6.65. The standard InChI is InChI=1S/C38H64O13/c1-18(16-47-34-32(44)29(41)25(40)17-48-34)7-12-38(46)19(2)28-26(51-38)14-24-22-6-5-20-13-21(8-10-36(20,3)23(22)9-11-37(24,28)4)49-35-33(45)31(43)30(42)27(15-39)50-35/h18-35,39-46H,5-17H2,1-4H3/t18-,19-,20+,21-,22+,23-,24-,25+,26-,27+,28-,29-,30-,31-,32+,33+,34+,35+,36-,37-,38+/m0/s1. The third-order valence-electron chi connectivity index (χ3n) is 15.5. The smallest absolute Gasteiger partial charge is 0.186 e. The maximum absolute atomic E-state index is 11.9. The molecule has 3 aliphatic heterocycles. The van der Waals surface area contributed by atoms with E-state index in [9.17, 15) is 40.9 Å². The van der Waals surface area contributed by atoms with E-state index in [0.717, 1.165) is 51.4 Å². The Kier molecular flexibility index (Phi) is 11.0. The lowest BCUT2D eigenvalue weighted by Crippen LogP contribution is -2.60. The molecule has 0 aromatic carbocycles. The van der Waals surface area contributed by atoms with Gasteiger partial charge in [0.25, 0.3) is 0 Å². The molecule has 4 saturated carbocycles. The predicted octanol–water partition coefficient (Wildman–Crippen LogP) is 1.04. The van der Waals surface area contributed by atoms with Gasteiger partial charge in [-0.2, -0.15) is 0 Å². The van der Waals surface area contributed by atoms with Gasteiger partial charge in [-0.25, -0.2) is 0 Å². The molecule has 3 heterocycles. The van der Waals surface area contributed by atoms with Gasteiger partial charge in [-0.3, -0.25) is 0 Å². The minimum absolute atomic E-state index is 0.00997. The Labute approximate surface area is 301 Å². The first-order valence-corrected chi connectivity index (χ1v) is 19.7. The number of hydrogen-bond acceptors (Lipinski definition) is 13. The molecule has 4 aliphatic carbocycles. The van der Waals surface area contributed by atoms with Crippen molar-refractivity contribution in [2.45, 2.75) is 165 Å². The Hall–Kier alpha value is -0.520. The van der Waals surface area contributed by atoms with Crippen molar-refractivity contribution in [1.82, 2.24) is 0 Å². The Morgan fingerprint density at radius 3 is 2.29 bits per heavy atom. The summed E-state index contributed by atoms with van der Waals surface area (Å²) in [5, 5.41) is 82.4. The van der Waals surface area contributed by atoms with Gasteiger partial charge >= 0.3 is 0 Å². The number of ether oxygens (including phenoxy) is 5. The maximum atomic E-state index is 11.9. The largest absolute Gasteiger partial charge is 0.394 e. The average Bonchev–Trinajstić information content (AvgIpc) is 3.54. The Bertz CT molecular complexity index is 1210. The van der Waals surface area contributed by atoms with E-state index in [2.05, 4.69) is 20.8 Å². The first-order chi connectivity index (χ1) is 24.1. The third-order valence-corrected chi connectivity index (χ3v) is 15.5. The molecule has 21 atom stereocenters. The molecule has 7 rings (SSSR count). The van der Waals surface area contributed by atoms with E-state index in [1.807, 2.05) is 6.92 Å². The van der Waals surface area contributed by atoms with Crippen LogP contribution in [0.4, 0.5) is 0 Å². The van der Waals surface area contributed by atoms with Crippen molar-refractivity contribution in [3.63, 3.8) is 0 Å². The molecule has 294 valence electrons. The summed E-state index contributed by atoms with van der Waals surface area (Å²) in [7, 11) is 0. The molecular weight excluding hydrogens is 664 g/mol. The minimum atomic E-state index is -1.44. The van der Waals surface area contributed by atoms with Crippen molar-refractivity contribution in [3.05, 3.63) is 0 Å². The quantitative estimate of drug-likeness (QED) is 0.156. The molecular formula is C38H64O13. The number of fused-ring (bicyclic) bond motifs is 7. The first-order valence-electron chi connectivity index (χ1n) is 19.7. The summed E-state index contributed by atoms with van der Waals surface area (Å²) in [6.45, 7) is 8.84. The van der Waals surface area contributed by atoms with E-state index in [1.165, 1.54) is 0 Å². The lowest BCUT2D eigenvalue weighted by molar-refractivity contribution is -0.316. The summed E-state index contributed by atoms with van der Waals surface area (Å²) in [5.41, 5.74) is 0.274. The van der Waals surface area contributed by atoms with Crippen LogP contribution in [0.2, 0.25) is 0 Å². The van der Waals surface area contributed by atoms with Crippen LogP contribution in [0.15, 0.2) is 0 Å². The number of hydrogen-bond donors (Lipinski definition) is 8. The van der Waals surface area contributed by atoms with Gasteiger partial charge in [-0.1, -0.05) is 27.7 Å². The van der Waals surface area contributed by atoms with Crippen LogP contribution in [0.5, 0.6) is 0 Å². The summed E-state index contributed by atoms with van der Waals surface area (Å²) in [6.07, 6.45) is -1.79. The second kappa shape index (κ2) is 14.5. The lowest BCUT2D eigenvalue weighted by atomic mass is 9.44. The molecule has 13 heteroatoms. The van der Waals surface area contributed by atoms with Crippen LogP contribution >= 0.6 is 0 Å². The van der Waals surface area contributed by atoms with Crippen molar-refractivity contribution >= 4 is 0 Å². The maximum Gasteiger partial charge on any atom is 0.186 e. The normalized spacial score (nSPS) is 56.1. The number of aliphatic hydroxyl groups is 8. The van der Waals surface area contributed by atoms with Crippen molar-refractivity contribution in [2.24, 2.45) is 52.3 Å². The summed E-state index contributed by atoms with van der Waals surface area (Å²) >= 11 is 0. The van der Waals surface area contributed by atoms with E-state index < -0.39 is 67.7 Å². The molecule has 7 aliphatic rings. The fourth-order valence-corrected chi connectivity index (χ4v) is 12.4. The zero-order valence-corrected chi connectivity index (χ0v) is 30.7. The zero-order chi connectivity index (χ0) is 36.6. The first kappa shape index (κ1) is 38.7. The number of aliphatic hydroxyl groups excluding tert-OH is 7. The molecule has 0 radical (unpaired) electrons. The molecule has 0 aromatic heterocycles. The Morgan fingerprint density at radius 2 is 1.55 bits per heavy atom. The van der Waals surface area contributed by atoms with Crippen LogP contribution in [-0.2, 0) is 23.7 Å². The van der Waals surface area contributed by atoms with Gasteiger partial charge in [-0.05, 0) is 104 Å². The number of rotatable bonds is 9. The Balaban J connectivity index is 0.935. The summed E-state index contributed by atoms with van der Waals surface area (Å²) in [6, 6.07) is 0. The fourth-order valence-electron chi connectivity index (χ4n) is 12.4. The molecule has 7 fully saturated rings. The van der Waals surface area contributed by atoms with Crippen molar-refractivity contribution in [2.75, 3.05) is 19.8 Å². The second-order valence-corrected chi connectivity index (χ2v) is 18.2. The van der Waals surface area contributed by atoms with Crippen LogP contribution < -0.4 is 0 Å². The van der Waals surface area contributed by atoms with Gasteiger partial charge in [0.15, 0.2) is 18.4 Å². The molecule has 0 bridgehead atoms. The molecule has 3 saturated heterocycles. The van der Waals surface area contributed by atoms with Gasteiger partial charge in [0.1, 0.15) is 42.7 Å². The van der Waals surface area contributed by atoms with Gasteiger partial charge < -0.3 is 64.5 Å². The van der Waals surface area contributed by atoms with E-state index >= 15 is 0 Å². The molecule has 8 N–H and O–H groups in total. The monoisotopic (exact) mass is 728 g/mol. The predicted molar refractivity (Wildman–Crippen MR) is 180 cm³/mol. The fraction of sp³-hybridized carbons (Fsp3) is 1.00. The van der Waals surface area contributed by atoms with E-state index in [1.54, 1.807) is 0 Å². The van der Waals surface area contributed by atoms with Crippen LogP contribution in [0.1, 0.15) is 91.9 Å². The Morgan fingerprint density at radius 1 is 0.824 bits per heavy atom. The van der Waals surface area contributed by atoms with Crippen molar-refractivity contribution in [3.8, 4) is 0 Å². The highest BCUT2D eigenvalue weighted by Crippen LogP contribution is 2.71. The zero-order valence-electron chi connectivity index (χ0n) is 30.7. The molecule has 0 spiro atoms. The topological polar surface area (TPSA) is 208 Å². The van der Waals surface area contributed by atoms with Gasteiger partial charge in [0.2, 0.25) is 0 Å². The van der Waals surface area contributed by atoms with E-state index in [4.69, 9.17) is 23.7 Å². The van der Waals surface area contributed by atoms with Crippen molar-refractivity contribution < 1.29 is 64.5 Å². The lowest BCUT2D eigenvalue weighted by Gasteiger charge is -2.61. The highest BCUT2D eigenvalue weighted by Gasteiger charge is 2.68. The highest BCUT2D eigenvalue weighted by molar-refractivity contribution is 5.15. The summed E-state index contributed by atoms with van der Waals surface area (Å²) in [4.78, 5) is 0. The second-order valence-electron chi connectivity index (χ2n) is 18.2. The highest BCUT2D eigenvalue weighted by atomic mass is 16.7. The van der Waals surface area contributed by atoms with E-state index in [0.29, 0.717) is 36.5 Å². The van der Waals surface area contributed by atoms with Gasteiger partial charge in [0, 0.05) is 12.3 Å². The average molecular weight is 729 g/mol. The molecule has 0 unspecified atom stereocenters. The molecule has 0 amide bonds. The van der Waals surface area contributed by atoms with Crippen LogP contribution in [-0.4, -0.2) is 134 Å². The van der Waals surface area contributed by atoms with Crippen LogP contribution in [0.3, 0.4) is 0 Å². The summed E-state index contributed by atoms with van der Waals surface area (Å²) in [5.74, 6) is 1.35. The van der Waals surface area contributed by atoms with Crippen molar-refractivity contribution in [1.29, 1.82) is 0 Å². The van der Waals surface area contributed by atoms with Gasteiger partial charge in [0.05, 0.1) is 32.0 Å².